The van der Waals surface area contributed by atoms with Gasteiger partial charge in [-0.3, -0.25) is 0 Å². The highest BCUT2D eigenvalue weighted by Crippen LogP contribution is 2.36. The molecule has 1 heterocycles. The lowest BCUT2D eigenvalue weighted by Gasteiger charge is -2.24. The number of hydrogen-bond acceptors (Lipinski definition) is 4. The number of hydrogen-bond donors (Lipinski definition) is 1. The monoisotopic (exact) mass is 327 g/mol. The van der Waals surface area contributed by atoms with Crippen molar-refractivity contribution < 1.29 is 18.3 Å². The van der Waals surface area contributed by atoms with Gasteiger partial charge >= 0.3 is 5.97 Å². The normalized spacial score (nSPS) is 12.4. The van der Waals surface area contributed by atoms with Crippen molar-refractivity contribution in [2.75, 3.05) is 6.54 Å². The van der Waals surface area contributed by atoms with Gasteiger partial charge in [-0.05, 0) is 19.9 Å². The predicted octanol–water partition coefficient (Wildman–Crippen LogP) is 3.02. The van der Waals surface area contributed by atoms with Gasteiger partial charge in [-0.2, -0.15) is 4.31 Å². The van der Waals surface area contributed by atoms with E-state index in [2.05, 4.69) is 0 Å². The first-order valence-electron chi connectivity index (χ1n) is 6.57. The van der Waals surface area contributed by atoms with Crippen LogP contribution in [0, 0.1) is 0 Å². The zero-order valence-corrected chi connectivity index (χ0v) is 13.7. The maximum atomic E-state index is 12.9. The molecule has 2 rings (SSSR count). The fraction of sp³-hybridized carbons (Fsp3) is 0.357. The fourth-order valence-corrected chi connectivity index (χ4v) is 5.70. The molecule has 0 aliphatic carbocycles. The molecule has 7 heteroatoms. The molecule has 0 saturated heterocycles. The first-order valence-corrected chi connectivity index (χ1v) is 8.83. The van der Waals surface area contributed by atoms with Gasteiger partial charge in [-0.15, -0.1) is 11.3 Å². The van der Waals surface area contributed by atoms with Crippen LogP contribution in [-0.4, -0.2) is 36.4 Å². The summed E-state index contributed by atoms with van der Waals surface area (Å²) in [6.07, 6.45) is 0. The summed E-state index contributed by atoms with van der Waals surface area (Å²) in [6, 6.07) is 6.63. The zero-order chi connectivity index (χ0) is 15.8. The maximum absolute atomic E-state index is 12.9. The Morgan fingerprint density at radius 3 is 2.48 bits per heavy atom. The molecule has 21 heavy (non-hydrogen) atoms. The first kappa shape index (κ1) is 15.9. The second-order valence-corrected chi connectivity index (χ2v) is 7.74. The summed E-state index contributed by atoms with van der Waals surface area (Å²) in [6.45, 7) is 5.59. The molecule has 0 aliphatic heterocycles. The van der Waals surface area contributed by atoms with Gasteiger partial charge in [0.1, 0.15) is 9.77 Å². The van der Waals surface area contributed by atoms with Crippen LogP contribution >= 0.6 is 11.3 Å². The molecule has 0 bridgehead atoms. The minimum absolute atomic E-state index is 0.0915. The van der Waals surface area contributed by atoms with Crippen molar-refractivity contribution in [1.82, 2.24) is 4.31 Å². The molecule has 1 aromatic heterocycles. The number of benzene rings is 1. The largest absolute Gasteiger partial charge is 0.477 e. The number of rotatable bonds is 5. The Labute approximate surface area is 127 Å². The molecule has 0 saturated carbocycles. The van der Waals surface area contributed by atoms with Crippen molar-refractivity contribution in [1.29, 1.82) is 0 Å². The Morgan fingerprint density at radius 2 is 1.95 bits per heavy atom. The third kappa shape index (κ3) is 2.68. The average Bonchev–Trinajstić information content (AvgIpc) is 2.78. The Hall–Kier alpha value is -1.44. The van der Waals surface area contributed by atoms with Gasteiger partial charge in [0.2, 0.25) is 10.0 Å². The van der Waals surface area contributed by atoms with Gasteiger partial charge in [0.05, 0.1) is 0 Å². The lowest BCUT2D eigenvalue weighted by atomic mass is 10.2. The number of fused-ring (bicyclic) bond motifs is 1. The first-order chi connectivity index (χ1) is 9.80. The van der Waals surface area contributed by atoms with E-state index in [1.54, 1.807) is 45.0 Å². The van der Waals surface area contributed by atoms with Crippen LogP contribution in [-0.2, 0) is 10.0 Å². The van der Waals surface area contributed by atoms with E-state index >= 15 is 0 Å². The third-order valence-electron chi connectivity index (χ3n) is 3.20. The molecular formula is C14H17NO4S2. The summed E-state index contributed by atoms with van der Waals surface area (Å²) in [7, 11) is -3.85. The van der Waals surface area contributed by atoms with E-state index in [-0.39, 0.29) is 15.8 Å². The number of aromatic carboxylic acids is 1. The van der Waals surface area contributed by atoms with Gasteiger partial charge in [0.25, 0.3) is 0 Å². The van der Waals surface area contributed by atoms with Crippen LogP contribution in [0.5, 0.6) is 0 Å². The summed E-state index contributed by atoms with van der Waals surface area (Å²) in [4.78, 5) is 11.2. The standard InChI is InChI=1S/C14H17NO4S2/c1-4-15(9(2)3)21(18,19)13-10-7-5-6-8-11(10)20-12(13)14(16)17/h5-9H,4H2,1-3H3,(H,16,17). The van der Waals surface area contributed by atoms with Gasteiger partial charge in [0.15, 0.2) is 0 Å². The molecule has 0 amide bonds. The smallest absolute Gasteiger partial charge is 0.347 e. The van der Waals surface area contributed by atoms with Gasteiger partial charge < -0.3 is 5.11 Å². The molecule has 1 aromatic carbocycles. The number of sulfonamides is 1. The summed E-state index contributed by atoms with van der Waals surface area (Å²) in [5, 5.41) is 9.82. The van der Waals surface area contributed by atoms with Gasteiger partial charge in [-0.25, -0.2) is 13.2 Å². The summed E-state index contributed by atoms with van der Waals surface area (Å²) in [5.74, 6) is -1.21. The second-order valence-electron chi connectivity index (χ2n) is 4.86. The van der Waals surface area contributed by atoms with E-state index in [0.29, 0.717) is 16.6 Å². The van der Waals surface area contributed by atoms with E-state index in [9.17, 15) is 18.3 Å². The highest BCUT2D eigenvalue weighted by Gasteiger charge is 2.33. The molecule has 1 N–H and O–H groups in total. The van der Waals surface area contributed by atoms with Crippen LogP contribution in [0.15, 0.2) is 29.2 Å². The molecule has 0 fully saturated rings. The molecule has 0 radical (unpaired) electrons. The van der Waals surface area contributed by atoms with Crippen LogP contribution in [0.3, 0.4) is 0 Å². The van der Waals surface area contributed by atoms with Crippen LogP contribution < -0.4 is 0 Å². The number of nitrogens with zero attached hydrogens (tertiary/aromatic N) is 1. The molecule has 114 valence electrons. The topological polar surface area (TPSA) is 74.7 Å². The van der Waals surface area contributed by atoms with Crippen molar-refractivity contribution in [2.45, 2.75) is 31.7 Å². The fourth-order valence-electron chi connectivity index (χ4n) is 2.35. The van der Waals surface area contributed by atoms with Crippen molar-refractivity contribution in [3.05, 3.63) is 29.1 Å². The summed E-state index contributed by atoms with van der Waals surface area (Å²) < 4.78 is 27.7. The van der Waals surface area contributed by atoms with Gasteiger partial charge in [-0.1, -0.05) is 25.1 Å². The summed E-state index contributed by atoms with van der Waals surface area (Å²) in [5.41, 5.74) is 0. The Kier molecular flexibility index (Phi) is 4.36. The van der Waals surface area contributed by atoms with Crippen LogP contribution in [0.4, 0.5) is 0 Å². The van der Waals surface area contributed by atoms with E-state index in [0.717, 1.165) is 11.3 Å². The highest BCUT2D eigenvalue weighted by atomic mass is 32.2. The molecule has 0 aliphatic rings. The molecule has 5 nitrogen and oxygen atoms in total. The van der Waals surface area contributed by atoms with Crippen molar-refractivity contribution in [2.24, 2.45) is 0 Å². The van der Waals surface area contributed by atoms with Crippen LogP contribution in [0.25, 0.3) is 10.1 Å². The number of carboxylic acid groups (broad SMARTS) is 1. The van der Waals surface area contributed by atoms with Crippen LogP contribution in [0.2, 0.25) is 0 Å². The highest BCUT2D eigenvalue weighted by molar-refractivity contribution is 7.89. The lowest BCUT2D eigenvalue weighted by molar-refractivity contribution is 0.0698. The molecule has 0 spiro atoms. The quantitative estimate of drug-likeness (QED) is 0.916. The maximum Gasteiger partial charge on any atom is 0.347 e. The average molecular weight is 327 g/mol. The second kappa shape index (κ2) is 5.75. The lowest BCUT2D eigenvalue weighted by Crippen LogP contribution is -2.37. The van der Waals surface area contributed by atoms with E-state index in [4.69, 9.17) is 0 Å². The van der Waals surface area contributed by atoms with Crippen molar-refractivity contribution in [3.63, 3.8) is 0 Å². The predicted molar refractivity (Wildman–Crippen MR) is 83.5 cm³/mol. The van der Waals surface area contributed by atoms with Crippen molar-refractivity contribution in [3.8, 4) is 0 Å². The van der Waals surface area contributed by atoms with E-state index in [1.165, 1.54) is 4.31 Å². The number of carboxylic acids is 1. The third-order valence-corrected chi connectivity index (χ3v) is 6.72. The van der Waals surface area contributed by atoms with Crippen LogP contribution in [0.1, 0.15) is 30.4 Å². The molecule has 0 atom stereocenters. The number of carbonyl (C=O) groups is 1. The number of thiophene rings is 1. The Balaban J connectivity index is 2.81. The Bertz CT molecular complexity index is 777. The van der Waals surface area contributed by atoms with E-state index in [1.807, 2.05) is 0 Å². The SMILES string of the molecule is CCN(C(C)C)S(=O)(=O)c1c(C(=O)O)sc2ccccc12. The molecule has 2 aromatic rings. The Morgan fingerprint density at radius 1 is 1.33 bits per heavy atom. The molecular weight excluding hydrogens is 310 g/mol. The summed E-state index contributed by atoms with van der Waals surface area (Å²) >= 11 is 0.993. The minimum atomic E-state index is -3.85. The van der Waals surface area contributed by atoms with Gasteiger partial charge in [0, 0.05) is 22.7 Å². The molecule has 0 unspecified atom stereocenters. The minimum Gasteiger partial charge on any atom is -0.477 e. The van der Waals surface area contributed by atoms with Crippen molar-refractivity contribution >= 4 is 37.4 Å². The van der Waals surface area contributed by atoms with E-state index < -0.39 is 16.0 Å². The zero-order valence-electron chi connectivity index (χ0n) is 12.0.